The number of rotatable bonds is 7. The Balaban J connectivity index is 2.36. The predicted octanol–water partition coefficient (Wildman–Crippen LogP) is 3.03. The standard InChI is InChI=1S/C14H18F3NO2/c1-10(11-5-3-2-4-6-11)7-8-18-9-12(13(19)20)14(15,16)17/h2-6,10,12,18H,7-9H2,1H3,(H,19,20). The summed E-state index contributed by atoms with van der Waals surface area (Å²) in [6.07, 6.45) is -4.07. The van der Waals surface area contributed by atoms with Gasteiger partial charge < -0.3 is 10.4 Å². The molecule has 2 atom stereocenters. The first-order chi connectivity index (χ1) is 9.32. The highest BCUT2D eigenvalue weighted by atomic mass is 19.4. The molecule has 0 saturated carbocycles. The van der Waals surface area contributed by atoms with Gasteiger partial charge in [-0.25, -0.2) is 0 Å². The lowest BCUT2D eigenvalue weighted by Gasteiger charge is -2.17. The lowest BCUT2D eigenvalue weighted by Crippen LogP contribution is -2.39. The SMILES string of the molecule is CC(CCNCC(C(=O)O)C(F)(F)F)c1ccccc1. The lowest BCUT2D eigenvalue weighted by atomic mass is 9.98. The average Bonchev–Trinajstić information content (AvgIpc) is 2.37. The number of carbonyl (C=O) groups is 1. The van der Waals surface area contributed by atoms with E-state index in [4.69, 9.17) is 5.11 Å². The Bertz CT molecular complexity index is 420. The van der Waals surface area contributed by atoms with Crippen LogP contribution >= 0.6 is 0 Å². The quantitative estimate of drug-likeness (QED) is 0.759. The molecule has 1 aromatic carbocycles. The maximum atomic E-state index is 12.4. The number of nitrogens with one attached hydrogen (secondary N) is 1. The van der Waals surface area contributed by atoms with Crippen LogP contribution in [0.2, 0.25) is 0 Å². The Labute approximate surface area is 115 Å². The third-order valence-electron chi connectivity index (χ3n) is 3.16. The summed E-state index contributed by atoms with van der Waals surface area (Å²) in [6, 6.07) is 9.63. The number of benzene rings is 1. The average molecular weight is 289 g/mol. The molecule has 0 spiro atoms. The first-order valence-electron chi connectivity index (χ1n) is 6.37. The molecule has 0 aliphatic heterocycles. The van der Waals surface area contributed by atoms with E-state index in [9.17, 15) is 18.0 Å². The minimum atomic E-state index is -4.72. The number of alkyl halides is 3. The van der Waals surface area contributed by atoms with Crippen molar-refractivity contribution >= 4 is 5.97 Å². The molecule has 0 fully saturated rings. The molecule has 2 unspecified atom stereocenters. The van der Waals surface area contributed by atoms with E-state index in [1.165, 1.54) is 0 Å². The summed E-state index contributed by atoms with van der Waals surface area (Å²) in [5.74, 6) is -3.99. The third kappa shape index (κ3) is 5.21. The number of hydrogen-bond donors (Lipinski definition) is 2. The molecular weight excluding hydrogens is 271 g/mol. The highest BCUT2D eigenvalue weighted by molar-refractivity contribution is 5.71. The van der Waals surface area contributed by atoms with Gasteiger partial charge in [-0.2, -0.15) is 13.2 Å². The normalized spacial score (nSPS) is 14.8. The van der Waals surface area contributed by atoms with Crippen molar-refractivity contribution in [1.29, 1.82) is 0 Å². The molecule has 0 radical (unpaired) electrons. The van der Waals surface area contributed by atoms with Gasteiger partial charge in [0, 0.05) is 6.54 Å². The van der Waals surface area contributed by atoms with Crippen molar-refractivity contribution in [3.8, 4) is 0 Å². The van der Waals surface area contributed by atoms with Crippen LogP contribution in [-0.2, 0) is 4.79 Å². The minimum Gasteiger partial charge on any atom is -0.481 e. The molecule has 0 amide bonds. The molecule has 6 heteroatoms. The van der Waals surface area contributed by atoms with Crippen molar-refractivity contribution in [2.75, 3.05) is 13.1 Å². The molecule has 0 saturated heterocycles. The number of aliphatic carboxylic acids is 1. The second kappa shape index (κ2) is 7.28. The number of halogens is 3. The van der Waals surface area contributed by atoms with Gasteiger partial charge in [-0.15, -0.1) is 0 Å². The van der Waals surface area contributed by atoms with Crippen molar-refractivity contribution in [2.45, 2.75) is 25.4 Å². The minimum absolute atomic E-state index is 0.206. The molecule has 112 valence electrons. The van der Waals surface area contributed by atoms with Crippen LogP contribution in [0.15, 0.2) is 30.3 Å². The van der Waals surface area contributed by atoms with Gasteiger partial charge in [0.1, 0.15) is 0 Å². The van der Waals surface area contributed by atoms with Gasteiger partial charge >= 0.3 is 12.1 Å². The van der Waals surface area contributed by atoms with Crippen LogP contribution in [0.5, 0.6) is 0 Å². The summed E-state index contributed by atoms with van der Waals surface area (Å²) in [5, 5.41) is 11.1. The van der Waals surface area contributed by atoms with Gasteiger partial charge in [-0.1, -0.05) is 37.3 Å². The monoisotopic (exact) mass is 289 g/mol. The maximum Gasteiger partial charge on any atom is 0.403 e. The first-order valence-corrected chi connectivity index (χ1v) is 6.37. The van der Waals surface area contributed by atoms with E-state index in [2.05, 4.69) is 5.32 Å². The molecule has 0 aliphatic rings. The van der Waals surface area contributed by atoms with Gasteiger partial charge in [0.25, 0.3) is 0 Å². The zero-order chi connectivity index (χ0) is 15.2. The molecule has 20 heavy (non-hydrogen) atoms. The van der Waals surface area contributed by atoms with Crippen LogP contribution in [0.1, 0.15) is 24.8 Å². The third-order valence-corrected chi connectivity index (χ3v) is 3.16. The second-order valence-electron chi connectivity index (χ2n) is 4.74. The smallest absolute Gasteiger partial charge is 0.403 e. The van der Waals surface area contributed by atoms with E-state index >= 15 is 0 Å². The van der Waals surface area contributed by atoms with Crippen LogP contribution in [-0.4, -0.2) is 30.3 Å². The van der Waals surface area contributed by atoms with E-state index in [0.717, 1.165) is 5.56 Å². The van der Waals surface area contributed by atoms with E-state index in [1.807, 2.05) is 37.3 Å². The van der Waals surface area contributed by atoms with Gasteiger partial charge in [-0.3, -0.25) is 4.79 Å². The summed E-state index contributed by atoms with van der Waals surface area (Å²) in [5.41, 5.74) is 1.11. The Hall–Kier alpha value is -1.56. The summed E-state index contributed by atoms with van der Waals surface area (Å²) in [7, 11) is 0. The van der Waals surface area contributed by atoms with Crippen LogP contribution in [0.4, 0.5) is 13.2 Å². The number of hydrogen-bond acceptors (Lipinski definition) is 2. The van der Waals surface area contributed by atoms with Gasteiger partial charge in [-0.05, 0) is 24.4 Å². The zero-order valence-electron chi connectivity index (χ0n) is 11.2. The lowest BCUT2D eigenvalue weighted by molar-refractivity contribution is -0.192. The van der Waals surface area contributed by atoms with E-state index < -0.39 is 24.6 Å². The van der Waals surface area contributed by atoms with Crippen molar-refractivity contribution < 1.29 is 23.1 Å². The molecular formula is C14H18F3NO2. The second-order valence-corrected chi connectivity index (χ2v) is 4.74. The van der Waals surface area contributed by atoms with Crippen LogP contribution < -0.4 is 5.32 Å². The Morgan fingerprint density at radius 2 is 1.90 bits per heavy atom. The van der Waals surface area contributed by atoms with Gasteiger partial charge in [0.15, 0.2) is 5.92 Å². The largest absolute Gasteiger partial charge is 0.481 e. The van der Waals surface area contributed by atoms with Gasteiger partial charge in [0.05, 0.1) is 0 Å². The fraction of sp³-hybridized carbons (Fsp3) is 0.500. The fourth-order valence-corrected chi connectivity index (χ4v) is 1.86. The highest BCUT2D eigenvalue weighted by Gasteiger charge is 2.44. The summed E-state index contributed by atoms with van der Waals surface area (Å²) in [4.78, 5) is 10.5. The molecule has 1 aromatic rings. The summed E-state index contributed by atoms with van der Waals surface area (Å²) >= 11 is 0. The van der Waals surface area contributed by atoms with Crippen LogP contribution in [0, 0.1) is 5.92 Å². The van der Waals surface area contributed by atoms with E-state index in [-0.39, 0.29) is 5.92 Å². The molecule has 0 aromatic heterocycles. The van der Waals surface area contributed by atoms with Crippen LogP contribution in [0.3, 0.4) is 0 Å². The number of carboxylic acid groups (broad SMARTS) is 1. The van der Waals surface area contributed by atoms with Crippen molar-refractivity contribution in [3.05, 3.63) is 35.9 Å². The van der Waals surface area contributed by atoms with Crippen LogP contribution in [0.25, 0.3) is 0 Å². The predicted molar refractivity (Wildman–Crippen MR) is 69.5 cm³/mol. The fourth-order valence-electron chi connectivity index (χ4n) is 1.86. The highest BCUT2D eigenvalue weighted by Crippen LogP contribution is 2.26. The van der Waals surface area contributed by atoms with E-state index in [1.54, 1.807) is 0 Å². The van der Waals surface area contributed by atoms with Crippen molar-refractivity contribution in [1.82, 2.24) is 5.32 Å². The van der Waals surface area contributed by atoms with Crippen molar-refractivity contribution in [3.63, 3.8) is 0 Å². The maximum absolute atomic E-state index is 12.4. The molecule has 0 bridgehead atoms. The Morgan fingerprint density at radius 3 is 2.40 bits per heavy atom. The zero-order valence-corrected chi connectivity index (χ0v) is 11.2. The van der Waals surface area contributed by atoms with E-state index in [0.29, 0.717) is 13.0 Å². The molecule has 3 nitrogen and oxygen atoms in total. The Morgan fingerprint density at radius 1 is 1.30 bits per heavy atom. The molecule has 1 rings (SSSR count). The topological polar surface area (TPSA) is 49.3 Å². The molecule has 0 aliphatic carbocycles. The number of carboxylic acids is 1. The molecule has 2 N–H and O–H groups in total. The first kappa shape index (κ1) is 16.5. The summed E-state index contributed by atoms with van der Waals surface area (Å²) in [6.45, 7) is 1.73. The Kier molecular flexibility index (Phi) is 6.01. The summed E-state index contributed by atoms with van der Waals surface area (Å²) < 4.78 is 37.2. The van der Waals surface area contributed by atoms with Gasteiger partial charge in [0.2, 0.25) is 0 Å². The molecule has 0 heterocycles. The van der Waals surface area contributed by atoms with Crippen molar-refractivity contribution in [2.24, 2.45) is 5.92 Å².